The molecule has 2 N–H and O–H groups in total. The van der Waals surface area contributed by atoms with Crippen LogP contribution < -0.4 is 0 Å². The number of amides is 1. The summed E-state index contributed by atoms with van der Waals surface area (Å²) in [6.45, 7) is 0.387. The molecule has 2 aliphatic heterocycles. The average Bonchev–Trinajstić information content (AvgIpc) is 3.16. The first-order valence-corrected chi connectivity index (χ1v) is 9.50. The van der Waals surface area contributed by atoms with Gasteiger partial charge in [-0.25, -0.2) is 0 Å². The van der Waals surface area contributed by atoms with E-state index in [0.29, 0.717) is 36.9 Å². The van der Waals surface area contributed by atoms with Crippen molar-refractivity contribution in [3.05, 3.63) is 58.7 Å². The number of carboxylic acids is 1. The number of carbonyl (C=O) groups excluding carboxylic acids is 1. The fourth-order valence-corrected chi connectivity index (χ4v) is 4.97. The van der Waals surface area contributed by atoms with Crippen molar-refractivity contribution in [3.63, 3.8) is 0 Å². The first-order chi connectivity index (χ1) is 13.5. The third-order valence-corrected chi connectivity index (χ3v) is 6.41. The van der Waals surface area contributed by atoms with Crippen LogP contribution in [0.1, 0.15) is 39.9 Å². The number of hydrogen-bond donors (Lipinski definition) is 2. The Bertz CT molecular complexity index is 1040. The molecule has 0 spiro atoms. The van der Waals surface area contributed by atoms with E-state index in [-0.39, 0.29) is 17.7 Å². The number of aromatic hydroxyl groups is 1. The zero-order chi connectivity index (χ0) is 19.5. The first-order valence-electron chi connectivity index (χ1n) is 9.50. The van der Waals surface area contributed by atoms with Crippen LogP contribution in [-0.4, -0.2) is 45.8 Å². The predicted molar refractivity (Wildman–Crippen MR) is 103 cm³/mol. The fraction of sp³-hybridized carbons (Fsp3) is 0.318. The Kier molecular flexibility index (Phi) is 3.59. The van der Waals surface area contributed by atoms with Gasteiger partial charge in [-0.1, -0.05) is 6.07 Å². The number of hydrogen-bond acceptors (Lipinski definition) is 4. The van der Waals surface area contributed by atoms with Crippen molar-refractivity contribution in [1.29, 1.82) is 0 Å². The lowest BCUT2D eigenvalue weighted by Crippen LogP contribution is -2.57. The van der Waals surface area contributed by atoms with Crippen LogP contribution in [0.2, 0.25) is 0 Å². The number of carbonyl (C=O) groups is 2. The molecular weight excluding hydrogens is 356 g/mol. The predicted octanol–water partition coefficient (Wildman–Crippen LogP) is 2.83. The smallest absolute Gasteiger partial charge is 0.314 e. The molecule has 0 radical (unpaired) electrons. The first kappa shape index (κ1) is 17.0. The van der Waals surface area contributed by atoms with E-state index in [0.717, 1.165) is 23.2 Å². The Morgan fingerprint density at radius 3 is 2.82 bits per heavy atom. The molecule has 6 nitrogen and oxygen atoms in total. The second kappa shape index (κ2) is 5.92. The van der Waals surface area contributed by atoms with Gasteiger partial charge in [-0.05, 0) is 66.3 Å². The van der Waals surface area contributed by atoms with Crippen LogP contribution in [0.4, 0.5) is 5.69 Å². The number of benzene rings is 2. The standard InChI is InChI=1S/C22H20N2O4/c25-17-3-1-13-10-16-12-22(21(27)28,18(13)11-17)6-8-24(16)20(26)15-2-4-19-14(9-15)5-7-23-19/h1-4,7,9,11,16,25H,5-6,8,10,12H2,(H,27,28). The summed E-state index contributed by atoms with van der Waals surface area (Å²) in [6, 6.07) is 10.4. The second-order valence-electron chi connectivity index (χ2n) is 7.90. The highest BCUT2D eigenvalue weighted by molar-refractivity contribution is 5.96. The Morgan fingerprint density at radius 1 is 1.14 bits per heavy atom. The summed E-state index contributed by atoms with van der Waals surface area (Å²) in [6.07, 6.45) is 3.89. The molecule has 142 valence electrons. The van der Waals surface area contributed by atoms with Gasteiger partial charge < -0.3 is 15.1 Å². The topological polar surface area (TPSA) is 90.2 Å². The molecule has 2 aromatic carbocycles. The lowest BCUT2D eigenvalue weighted by atomic mass is 9.63. The molecule has 0 saturated carbocycles. The maximum Gasteiger partial charge on any atom is 0.314 e. The van der Waals surface area contributed by atoms with Crippen molar-refractivity contribution in [1.82, 2.24) is 4.90 Å². The minimum absolute atomic E-state index is 0.0547. The summed E-state index contributed by atoms with van der Waals surface area (Å²) in [7, 11) is 0. The van der Waals surface area contributed by atoms with Gasteiger partial charge in [0.15, 0.2) is 0 Å². The number of phenolic OH excluding ortho intramolecular Hbond substituents is 1. The molecule has 6 heteroatoms. The van der Waals surface area contributed by atoms with Crippen molar-refractivity contribution in [2.45, 2.75) is 37.1 Å². The number of fused-ring (bicyclic) bond motifs is 5. The summed E-state index contributed by atoms with van der Waals surface area (Å²) in [5, 5.41) is 19.9. The summed E-state index contributed by atoms with van der Waals surface area (Å²) >= 11 is 0. The van der Waals surface area contributed by atoms with Crippen LogP contribution in [0, 0.1) is 0 Å². The summed E-state index contributed by atoms with van der Waals surface area (Å²) in [5.74, 6) is -0.858. The highest BCUT2D eigenvalue weighted by Crippen LogP contribution is 2.46. The molecular formula is C22H20N2O4. The quantitative estimate of drug-likeness (QED) is 0.843. The minimum atomic E-state index is -1.04. The van der Waals surface area contributed by atoms with Crippen LogP contribution in [0.5, 0.6) is 5.75 Å². The largest absolute Gasteiger partial charge is 0.508 e. The molecule has 1 saturated heterocycles. The molecule has 5 rings (SSSR count). The zero-order valence-electron chi connectivity index (χ0n) is 15.3. The monoisotopic (exact) mass is 376 g/mol. The lowest BCUT2D eigenvalue weighted by molar-refractivity contribution is -0.147. The number of rotatable bonds is 2. The highest BCUT2D eigenvalue weighted by Gasteiger charge is 2.52. The van der Waals surface area contributed by atoms with Crippen molar-refractivity contribution in [2.24, 2.45) is 4.99 Å². The number of carboxylic acid groups (broad SMARTS) is 1. The number of aliphatic imine (C=N–C) groups is 1. The van der Waals surface area contributed by atoms with E-state index >= 15 is 0 Å². The molecule has 1 fully saturated rings. The Balaban J connectivity index is 1.50. The van der Waals surface area contributed by atoms with E-state index in [1.54, 1.807) is 24.3 Å². The van der Waals surface area contributed by atoms with Crippen LogP contribution in [0.3, 0.4) is 0 Å². The Hall–Kier alpha value is -3.15. The number of phenols is 1. The van der Waals surface area contributed by atoms with Gasteiger partial charge in [0.2, 0.25) is 0 Å². The summed E-state index contributed by atoms with van der Waals surface area (Å²) in [4.78, 5) is 31.6. The van der Waals surface area contributed by atoms with Crippen LogP contribution >= 0.6 is 0 Å². The van der Waals surface area contributed by atoms with Gasteiger partial charge in [0.1, 0.15) is 5.75 Å². The van der Waals surface area contributed by atoms with Crippen LogP contribution in [0.25, 0.3) is 0 Å². The molecule has 0 aromatic heterocycles. The zero-order valence-corrected chi connectivity index (χ0v) is 15.3. The number of likely N-dealkylation sites (tertiary alicyclic amines) is 1. The molecule has 2 unspecified atom stereocenters. The van der Waals surface area contributed by atoms with E-state index in [4.69, 9.17) is 0 Å². The number of piperidine rings is 1. The third-order valence-electron chi connectivity index (χ3n) is 6.41. The number of nitrogens with zero attached hydrogens (tertiary/aromatic N) is 2. The molecule has 2 bridgehead atoms. The molecule has 2 heterocycles. The van der Waals surface area contributed by atoms with Crippen molar-refractivity contribution < 1.29 is 19.8 Å². The highest BCUT2D eigenvalue weighted by atomic mass is 16.4. The second-order valence-corrected chi connectivity index (χ2v) is 7.90. The van der Waals surface area contributed by atoms with Crippen molar-refractivity contribution >= 4 is 23.8 Å². The van der Waals surface area contributed by atoms with Gasteiger partial charge in [0.05, 0.1) is 11.1 Å². The summed E-state index contributed by atoms with van der Waals surface area (Å²) in [5.41, 5.74) is 3.14. The van der Waals surface area contributed by atoms with Crippen molar-refractivity contribution in [3.8, 4) is 5.75 Å². The molecule has 2 aromatic rings. The molecule has 1 amide bonds. The maximum absolute atomic E-state index is 13.2. The third kappa shape index (κ3) is 2.37. The number of aliphatic carboxylic acids is 1. The van der Waals surface area contributed by atoms with E-state index < -0.39 is 11.4 Å². The summed E-state index contributed by atoms with van der Waals surface area (Å²) < 4.78 is 0. The van der Waals surface area contributed by atoms with Crippen molar-refractivity contribution in [2.75, 3.05) is 6.54 Å². The van der Waals surface area contributed by atoms with Crippen LogP contribution in [0.15, 0.2) is 41.4 Å². The van der Waals surface area contributed by atoms with Gasteiger partial charge in [-0.2, -0.15) is 0 Å². The Labute approximate surface area is 162 Å². The molecule has 2 atom stereocenters. The van der Waals surface area contributed by atoms with Crippen LogP contribution in [-0.2, 0) is 23.1 Å². The fourth-order valence-electron chi connectivity index (χ4n) is 4.97. The molecule has 1 aliphatic carbocycles. The van der Waals surface area contributed by atoms with Gasteiger partial charge in [-0.3, -0.25) is 14.6 Å². The molecule has 3 aliphatic rings. The lowest BCUT2D eigenvalue weighted by Gasteiger charge is -2.49. The van der Waals surface area contributed by atoms with Gasteiger partial charge >= 0.3 is 5.97 Å². The van der Waals surface area contributed by atoms with E-state index in [9.17, 15) is 19.8 Å². The molecule has 28 heavy (non-hydrogen) atoms. The normalized spacial score (nSPS) is 24.6. The van der Waals surface area contributed by atoms with Gasteiger partial charge in [0, 0.05) is 30.8 Å². The maximum atomic E-state index is 13.2. The average molecular weight is 376 g/mol. The Morgan fingerprint density at radius 2 is 2.00 bits per heavy atom. The van der Waals surface area contributed by atoms with E-state index in [1.165, 1.54) is 0 Å². The SMILES string of the molecule is O=C(c1ccc2c(c1)CC=N2)N1CCC2(C(=O)O)CC1Cc1ccc(O)cc12. The minimum Gasteiger partial charge on any atom is -0.508 e. The van der Waals surface area contributed by atoms with E-state index in [2.05, 4.69) is 4.99 Å². The van der Waals surface area contributed by atoms with E-state index in [1.807, 2.05) is 23.2 Å². The van der Waals surface area contributed by atoms with Gasteiger partial charge in [-0.15, -0.1) is 0 Å². The van der Waals surface area contributed by atoms with Gasteiger partial charge in [0.25, 0.3) is 5.91 Å².